The molecule has 0 amide bonds. The minimum absolute atomic E-state index is 0.186. The minimum atomic E-state index is -0.186. The van der Waals surface area contributed by atoms with Gasteiger partial charge in [0.1, 0.15) is 5.82 Å². The summed E-state index contributed by atoms with van der Waals surface area (Å²) in [6.07, 6.45) is 4.68. The second kappa shape index (κ2) is 5.30. The molecule has 0 unspecified atom stereocenters. The molecule has 16 heavy (non-hydrogen) atoms. The molecule has 2 rings (SSSR count). The summed E-state index contributed by atoms with van der Waals surface area (Å²) in [5.74, 6) is 0.527. The molecule has 1 aromatic carbocycles. The first-order valence-corrected chi connectivity index (χ1v) is 5.99. The normalized spacial score (nSPS) is 25.4. The summed E-state index contributed by atoms with van der Waals surface area (Å²) in [6, 6.07) is 6.94. The van der Waals surface area contributed by atoms with Gasteiger partial charge in [-0.05, 0) is 55.9 Å². The molecule has 1 saturated carbocycles. The number of hydrogen-bond donors (Lipinski definition) is 2. The van der Waals surface area contributed by atoms with Gasteiger partial charge < -0.3 is 11.1 Å². The van der Waals surface area contributed by atoms with Gasteiger partial charge in [0.25, 0.3) is 0 Å². The average Bonchev–Trinajstić information content (AvgIpc) is 2.30. The number of halogens is 1. The van der Waals surface area contributed by atoms with Crippen LogP contribution in [0.5, 0.6) is 0 Å². The topological polar surface area (TPSA) is 38.0 Å². The van der Waals surface area contributed by atoms with Crippen LogP contribution >= 0.6 is 0 Å². The summed E-state index contributed by atoms with van der Waals surface area (Å²) in [6.45, 7) is 0.971. The maximum atomic E-state index is 12.7. The second-order valence-corrected chi connectivity index (χ2v) is 4.67. The molecular weight excluding hydrogens is 203 g/mol. The standard InChI is InChI=1S/C13H19FN2/c14-11-3-7-13(8-4-11)16-9-10-1-5-12(15)6-2-10/h3-4,7-8,10,12,16H,1-2,5-6,9,15H2/t10-,12-. The van der Waals surface area contributed by atoms with E-state index in [1.165, 1.54) is 25.0 Å². The van der Waals surface area contributed by atoms with Gasteiger partial charge in [0.2, 0.25) is 0 Å². The van der Waals surface area contributed by atoms with Crippen LogP contribution in [0.25, 0.3) is 0 Å². The molecule has 0 saturated heterocycles. The van der Waals surface area contributed by atoms with E-state index in [0.29, 0.717) is 12.0 Å². The number of anilines is 1. The van der Waals surface area contributed by atoms with E-state index in [2.05, 4.69) is 5.32 Å². The van der Waals surface area contributed by atoms with Crippen LogP contribution in [0.15, 0.2) is 24.3 Å². The molecule has 1 fully saturated rings. The number of benzene rings is 1. The smallest absolute Gasteiger partial charge is 0.123 e. The lowest BCUT2D eigenvalue weighted by Gasteiger charge is -2.26. The van der Waals surface area contributed by atoms with Gasteiger partial charge >= 0.3 is 0 Å². The van der Waals surface area contributed by atoms with Crippen molar-refractivity contribution in [3.63, 3.8) is 0 Å². The average molecular weight is 222 g/mol. The Hall–Kier alpha value is -1.09. The van der Waals surface area contributed by atoms with Crippen LogP contribution in [-0.2, 0) is 0 Å². The van der Waals surface area contributed by atoms with Crippen molar-refractivity contribution in [2.45, 2.75) is 31.7 Å². The molecule has 0 aliphatic heterocycles. The van der Waals surface area contributed by atoms with Crippen LogP contribution in [-0.4, -0.2) is 12.6 Å². The van der Waals surface area contributed by atoms with Crippen molar-refractivity contribution in [1.29, 1.82) is 0 Å². The van der Waals surface area contributed by atoms with Gasteiger partial charge in [-0.15, -0.1) is 0 Å². The molecule has 1 aromatic rings. The number of hydrogen-bond acceptors (Lipinski definition) is 2. The highest BCUT2D eigenvalue weighted by atomic mass is 19.1. The van der Waals surface area contributed by atoms with Gasteiger partial charge in [0, 0.05) is 18.3 Å². The van der Waals surface area contributed by atoms with E-state index in [4.69, 9.17) is 5.73 Å². The summed E-state index contributed by atoms with van der Waals surface area (Å²) >= 11 is 0. The molecule has 0 aromatic heterocycles. The van der Waals surface area contributed by atoms with E-state index < -0.39 is 0 Å². The quantitative estimate of drug-likeness (QED) is 0.825. The highest BCUT2D eigenvalue weighted by Crippen LogP contribution is 2.23. The van der Waals surface area contributed by atoms with E-state index >= 15 is 0 Å². The van der Waals surface area contributed by atoms with E-state index in [9.17, 15) is 4.39 Å². The monoisotopic (exact) mass is 222 g/mol. The molecule has 88 valence electrons. The van der Waals surface area contributed by atoms with Crippen LogP contribution in [0.1, 0.15) is 25.7 Å². The lowest BCUT2D eigenvalue weighted by atomic mass is 9.86. The molecule has 0 radical (unpaired) electrons. The zero-order chi connectivity index (χ0) is 11.4. The number of rotatable bonds is 3. The Morgan fingerprint density at radius 3 is 2.38 bits per heavy atom. The Kier molecular flexibility index (Phi) is 3.78. The van der Waals surface area contributed by atoms with Gasteiger partial charge in [-0.1, -0.05) is 0 Å². The van der Waals surface area contributed by atoms with Crippen LogP contribution in [0, 0.1) is 11.7 Å². The van der Waals surface area contributed by atoms with Gasteiger partial charge in [0.05, 0.1) is 0 Å². The summed E-state index contributed by atoms with van der Waals surface area (Å²) in [7, 11) is 0. The van der Waals surface area contributed by atoms with Gasteiger partial charge in [-0.2, -0.15) is 0 Å². The van der Waals surface area contributed by atoms with E-state index in [-0.39, 0.29) is 5.82 Å². The van der Waals surface area contributed by atoms with Crippen molar-refractivity contribution in [3.05, 3.63) is 30.1 Å². The Morgan fingerprint density at radius 2 is 1.75 bits per heavy atom. The Bertz CT molecular complexity index is 315. The van der Waals surface area contributed by atoms with Crippen LogP contribution in [0.4, 0.5) is 10.1 Å². The van der Waals surface area contributed by atoms with Crippen molar-refractivity contribution >= 4 is 5.69 Å². The summed E-state index contributed by atoms with van der Waals surface area (Å²) in [5, 5.41) is 3.35. The summed E-state index contributed by atoms with van der Waals surface area (Å²) < 4.78 is 12.7. The molecule has 3 N–H and O–H groups in total. The third kappa shape index (κ3) is 3.20. The predicted octanol–water partition coefficient (Wildman–Crippen LogP) is 2.76. The third-order valence-electron chi connectivity index (χ3n) is 3.33. The SMILES string of the molecule is N[C@H]1CC[C@H](CNc2ccc(F)cc2)CC1. The zero-order valence-corrected chi connectivity index (χ0v) is 9.45. The maximum absolute atomic E-state index is 12.7. The van der Waals surface area contributed by atoms with Crippen molar-refractivity contribution in [1.82, 2.24) is 0 Å². The minimum Gasteiger partial charge on any atom is -0.385 e. The van der Waals surface area contributed by atoms with Crippen molar-refractivity contribution in [2.75, 3.05) is 11.9 Å². The van der Waals surface area contributed by atoms with Crippen LogP contribution in [0.2, 0.25) is 0 Å². The number of nitrogens with one attached hydrogen (secondary N) is 1. The Balaban J connectivity index is 1.77. The fourth-order valence-corrected chi connectivity index (χ4v) is 2.22. The third-order valence-corrected chi connectivity index (χ3v) is 3.33. The molecule has 0 spiro atoms. The fraction of sp³-hybridized carbons (Fsp3) is 0.538. The second-order valence-electron chi connectivity index (χ2n) is 4.67. The predicted molar refractivity (Wildman–Crippen MR) is 64.8 cm³/mol. The highest BCUT2D eigenvalue weighted by Gasteiger charge is 2.17. The molecule has 1 aliphatic carbocycles. The Labute approximate surface area is 96.0 Å². The first-order valence-electron chi connectivity index (χ1n) is 5.99. The highest BCUT2D eigenvalue weighted by molar-refractivity contribution is 5.42. The van der Waals surface area contributed by atoms with Crippen LogP contribution in [0.3, 0.4) is 0 Å². The van der Waals surface area contributed by atoms with E-state index in [1.54, 1.807) is 12.1 Å². The largest absolute Gasteiger partial charge is 0.385 e. The molecule has 3 heteroatoms. The zero-order valence-electron chi connectivity index (χ0n) is 9.45. The van der Waals surface area contributed by atoms with E-state index in [0.717, 1.165) is 25.1 Å². The van der Waals surface area contributed by atoms with Gasteiger partial charge in [-0.25, -0.2) is 4.39 Å². The first kappa shape index (κ1) is 11.4. The molecule has 0 bridgehead atoms. The fourth-order valence-electron chi connectivity index (χ4n) is 2.22. The molecule has 0 atom stereocenters. The van der Waals surface area contributed by atoms with Crippen molar-refractivity contribution in [2.24, 2.45) is 11.7 Å². The van der Waals surface area contributed by atoms with Crippen molar-refractivity contribution < 1.29 is 4.39 Å². The van der Waals surface area contributed by atoms with Gasteiger partial charge in [0.15, 0.2) is 0 Å². The van der Waals surface area contributed by atoms with E-state index in [1.807, 2.05) is 0 Å². The first-order chi connectivity index (χ1) is 7.74. The maximum Gasteiger partial charge on any atom is 0.123 e. The van der Waals surface area contributed by atoms with Crippen molar-refractivity contribution in [3.8, 4) is 0 Å². The lowest BCUT2D eigenvalue weighted by Crippen LogP contribution is -2.29. The Morgan fingerprint density at radius 1 is 1.12 bits per heavy atom. The molecule has 1 aliphatic rings. The molecular formula is C13H19FN2. The summed E-state index contributed by atoms with van der Waals surface area (Å²) in [4.78, 5) is 0. The van der Waals surface area contributed by atoms with Crippen LogP contribution < -0.4 is 11.1 Å². The lowest BCUT2D eigenvalue weighted by molar-refractivity contribution is 0.339. The molecule has 2 nitrogen and oxygen atoms in total. The summed E-state index contributed by atoms with van der Waals surface area (Å²) in [5.41, 5.74) is 6.86. The number of nitrogens with two attached hydrogens (primary N) is 1. The molecule has 0 heterocycles. The van der Waals surface area contributed by atoms with Gasteiger partial charge in [-0.3, -0.25) is 0 Å².